The van der Waals surface area contributed by atoms with Crippen molar-refractivity contribution < 1.29 is 13.2 Å². The number of nitrogens with one attached hydrogen (secondary N) is 1. The van der Waals surface area contributed by atoms with Gasteiger partial charge in [0.1, 0.15) is 6.04 Å². The van der Waals surface area contributed by atoms with Gasteiger partial charge in [-0.25, -0.2) is 8.42 Å². The molecule has 1 aliphatic carbocycles. The van der Waals surface area contributed by atoms with Gasteiger partial charge in [0.15, 0.2) is 0 Å². The van der Waals surface area contributed by atoms with Crippen LogP contribution < -0.4 is 9.62 Å². The molecule has 1 amide bonds. The molecule has 2 rings (SSSR count). The van der Waals surface area contributed by atoms with Gasteiger partial charge in [-0.05, 0) is 37.5 Å². The number of rotatable bonds is 6. The van der Waals surface area contributed by atoms with Gasteiger partial charge in [0.2, 0.25) is 15.9 Å². The molecule has 8 heteroatoms. The Labute approximate surface area is 172 Å². The van der Waals surface area contributed by atoms with Crippen molar-refractivity contribution >= 4 is 44.8 Å². The predicted octanol–water partition coefficient (Wildman–Crippen LogP) is 4.77. The summed E-state index contributed by atoms with van der Waals surface area (Å²) >= 11 is 12.3. The molecule has 0 radical (unpaired) electrons. The molecule has 0 spiro atoms. The van der Waals surface area contributed by atoms with Crippen LogP contribution in [0.2, 0.25) is 10.0 Å². The van der Waals surface area contributed by atoms with E-state index in [1.165, 1.54) is 31.4 Å². The monoisotopic (exact) mass is 434 g/mol. The zero-order valence-electron chi connectivity index (χ0n) is 15.9. The summed E-state index contributed by atoms with van der Waals surface area (Å²) < 4.78 is 26.2. The highest BCUT2D eigenvalue weighted by Gasteiger charge is 2.33. The Morgan fingerprint density at radius 1 is 1.19 bits per heavy atom. The van der Waals surface area contributed by atoms with Crippen molar-refractivity contribution in [3.8, 4) is 0 Å². The molecule has 1 saturated carbocycles. The van der Waals surface area contributed by atoms with Gasteiger partial charge in [-0.1, -0.05) is 62.2 Å². The maximum atomic E-state index is 13.0. The van der Waals surface area contributed by atoms with E-state index in [4.69, 9.17) is 23.2 Å². The van der Waals surface area contributed by atoms with Crippen LogP contribution >= 0.6 is 23.2 Å². The van der Waals surface area contributed by atoms with Crippen LogP contribution in [0, 0.1) is 0 Å². The molecular formula is C19H28Cl2N2O3S. The van der Waals surface area contributed by atoms with Crippen LogP contribution in [0.4, 0.5) is 5.69 Å². The third kappa shape index (κ3) is 6.26. The van der Waals surface area contributed by atoms with E-state index in [1.54, 1.807) is 13.0 Å². The largest absolute Gasteiger partial charge is 0.352 e. The number of sulfonamides is 1. The van der Waals surface area contributed by atoms with E-state index >= 15 is 0 Å². The second-order valence-electron chi connectivity index (χ2n) is 7.13. The van der Waals surface area contributed by atoms with E-state index in [2.05, 4.69) is 5.32 Å². The molecule has 1 aromatic carbocycles. The summed E-state index contributed by atoms with van der Waals surface area (Å²) in [7, 11) is -3.74. The van der Waals surface area contributed by atoms with Crippen LogP contribution in [0.3, 0.4) is 0 Å². The zero-order valence-corrected chi connectivity index (χ0v) is 18.2. The number of hydrogen-bond acceptors (Lipinski definition) is 3. The van der Waals surface area contributed by atoms with Gasteiger partial charge in [-0.15, -0.1) is 0 Å². The van der Waals surface area contributed by atoms with Crippen molar-refractivity contribution in [1.82, 2.24) is 5.32 Å². The van der Waals surface area contributed by atoms with E-state index in [0.717, 1.165) is 36.2 Å². The number of anilines is 1. The first-order chi connectivity index (χ1) is 12.7. The van der Waals surface area contributed by atoms with Gasteiger partial charge in [0, 0.05) is 11.1 Å². The average molecular weight is 435 g/mol. The molecule has 1 aliphatic rings. The number of nitrogens with zero attached hydrogens (tertiary/aromatic N) is 1. The van der Waals surface area contributed by atoms with E-state index in [1.807, 2.05) is 0 Å². The maximum absolute atomic E-state index is 13.0. The number of amides is 1. The summed E-state index contributed by atoms with van der Waals surface area (Å²) in [5.74, 6) is -0.287. The smallest absolute Gasteiger partial charge is 0.244 e. The molecule has 1 aromatic rings. The van der Waals surface area contributed by atoms with Crippen LogP contribution in [-0.2, 0) is 14.8 Å². The number of carbonyl (C=O) groups is 1. The molecule has 0 bridgehead atoms. The van der Waals surface area contributed by atoms with Gasteiger partial charge >= 0.3 is 0 Å². The average Bonchev–Trinajstić information content (AvgIpc) is 2.56. The first kappa shape index (κ1) is 22.3. The van der Waals surface area contributed by atoms with Crippen molar-refractivity contribution in [1.29, 1.82) is 0 Å². The Bertz CT molecular complexity index is 747. The van der Waals surface area contributed by atoms with Gasteiger partial charge in [-0.2, -0.15) is 0 Å². The molecule has 0 unspecified atom stereocenters. The molecule has 0 saturated heterocycles. The number of benzene rings is 1. The first-order valence-corrected chi connectivity index (χ1v) is 12.1. The molecule has 0 aliphatic heterocycles. The fourth-order valence-corrected chi connectivity index (χ4v) is 5.23. The van der Waals surface area contributed by atoms with Crippen molar-refractivity contribution in [3.63, 3.8) is 0 Å². The lowest BCUT2D eigenvalue weighted by Crippen LogP contribution is -2.51. The van der Waals surface area contributed by atoms with Crippen molar-refractivity contribution in [2.75, 3.05) is 10.6 Å². The number of halogens is 2. The molecule has 27 heavy (non-hydrogen) atoms. The zero-order chi connectivity index (χ0) is 20.0. The SMILES string of the molecule is CC[C@H](C(=O)NC1CCCCCCC1)N(c1cc(Cl)ccc1Cl)S(C)(=O)=O. The van der Waals surface area contributed by atoms with Crippen LogP contribution in [0.15, 0.2) is 18.2 Å². The number of hydrogen-bond donors (Lipinski definition) is 1. The molecule has 0 aromatic heterocycles. The van der Waals surface area contributed by atoms with Gasteiger partial charge < -0.3 is 5.32 Å². The van der Waals surface area contributed by atoms with E-state index in [-0.39, 0.29) is 22.7 Å². The van der Waals surface area contributed by atoms with Gasteiger partial charge in [0.25, 0.3) is 0 Å². The van der Waals surface area contributed by atoms with Gasteiger partial charge in [0.05, 0.1) is 17.0 Å². The second kappa shape index (κ2) is 9.99. The maximum Gasteiger partial charge on any atom is 0.244 e. The molecule has 1 N–H and O–H groups in total. The van der Waals surface area contributed by atoms with Crippen molar-refractivity contribution in [2.45, 2.75) is 70.4 Å². The van der Waals surface area contributed by atoms with Crippen LogP contribution in [-0.4, -0.2) is 32.7 Å². The minimum Gasteiger partial charge on any atom is -0.352 e. The Morgan fingerprint density at radius 2 is 1.78 bits per heavy atom. The summed E-state index contributed by atoms with van der Waals surface area (Å²) in [6.07, 6.45) is 9.03. The lowest BCUT2D eigenvalue weighted by atomic mass is 9.96. The van der Waals surface area contributed by atoms with Gasteiger partial charge in [-0.3, -0.25) is 9.10 Å². The minimum absolute atomic E-state index is 0.0862. The summed E-state index contributed by atoms with van der Waals surface area (Å²) in [6, 6.07) is 3.82. The van der Waals surface area contributed by atoms with Crippen molar-refractivity contribution in [2.24, 2.45) is 0 Å². The topological polar surface area (TPSA) is 66.5 Å². The molecule has 5 nitrogen and oxygen atoms in total. The van der Waals surface area contributed by atoms with Crippen LogP contribution in [0.25, 0.3) is 0 Å². The molecule has 152 valence electrons. The summed E-state index contributed by atoms with van der Waals surface area (Å²) in [4.78, 5) is 13.0. The first-order valence-electron chi connectivity index (χ1n) is 9.49. The van der Waals surface area contributed by atoms with Crippen LogP contribution in [0.5, 0.6) is 0 Å². The van der Waals surface area contributed by atoms with E-state index < -0.39 is 16.1 Å². The lowest BCUT2D eigenvalue weighted by Gasteiger charge is -2.32. The molecule has 1 atom stereocenters. The predicted molar refractivity (Wildman–Crippen MR) is 112 cm³/mol. The Hall–Kier alpha value is -0.980. The second-order valence-corrected chi connectivity index (χ2v) is 9.83. The highest BCUT2D eigenvalue weighted by atomic mass is 35.5. The van der Waals surface area contributed by atoms with Crippen molar-refractivity contribution in [3.05, 3.63) is 28.2 Å². The normalized spacial score (nSPS) is 17.6. The Kier molecular flexibility index (Phi) is 8.25. The highest BCUT2D eigenvalue weighted by Crippen LogP contribution is 2.33. The van der Waals surface area contributed by atoms with E-state index in [9.17, 15) is 13.2 Å². The van der Waals surface area contributed by atoms with Crippen LogP contribution in [0.1, 0.15) is 58.3 Å². The summed E-state index contributed by atoms with van der Waals surface area (Å²) in [6.45, 7) is 1.79. The summed E-state index contributed by atoms with van der Waals surface area (Å²) in [5, 5.41) is 3.67. The Morgan fingerprint density at radius 3 is 2.33 bits per heavy atom. The fourth-order valence-electron chi connectivity index (χ4n) is 3.59. The minimum atomic E-state index is -3.74. The quantitative estimate of drug-likeness (QED) is 0.700. The fraction of sp³-hybridized carbons (Fsp3) is 0.632. The number of carbonyl (C=O) groups excluding carboxylic acids is 1. The standard InChI is InChI=1S/C19H28Cl2N2O3S/c1-3-17(19(24)22-15-9-7-5-4-6-8-10-15)23(27(2,25)26)18-13-14(20)11-12-16(18)21/h11-13,15,17H,3-10H2,1-2H3,(H,22,24)/t17-/m1/s1. The third-order valence-electron chi connectivity index (χ3n) is 4.93. The Balaban J connectivity index is 2.29. The van der Waals surface area contributed by atoms with E-state index in [0.29, 0.717) is 11.4 Å². The molecule has 0 heterocycles. The lowest BCUT2D eigenvalue weighted by molar-refractivity contribution is -0.123. The molecular weight excluding hydrogens is 407 g/mol. The summed E-state index contributed by atoms with van der Waals surface area (Å²) in [5.41, 5.74) is 0.228. The highest BCUT2D eigenvalue weighted by molar-refractivity contribution is 7.92. The third-order valence-corrected chi connectivity index (χ3v) is 6.65. The molecule has 1 fully saturated rings.